The van der Waals surface area contributed by atoms with E-state index < -0.39 is 37.1 Å². The minimum atomic E-state index is -1.26. The lowest BCUT2D eigenvalue weighted by molar-refractivity contribution is -0.117. The molecule has 0 radical (unpaired) electrons. The second-order valence-electron chi connectivity index (χ2n) is 12.0. The number of carbonyl (C=O) groups excluding carboxylic acids is 1. The molecule has 1 aromatic rings. The predicted octanol–water partition coefficient (Wildman–Crippen LogP) is -0.0245. The molecule has 7 rings (SSSR count). The highest BCUT2D eigenvalue weighted by Crippen LogP contribution is 2.61. The van der Waals surface area contributed by atoms with Gasteiger partial charge in [0.1, 0.15) is 24.0 Å². The predicted molar refractivity (Wildman–Crippen MR) is 136 cm³/mol. The SMILES string of the molecule is NC(=O)CCN1CN([C@@H]2O[C@H](CO)C(O)C2O)c2nc(NCCC34CC5CC(CC(C5)C3)C4)nc(N)c21. The van der Waals surface area contributed by atoms with Crippen molar-refractivity contribution in [2.75, 3.05) is 47.2 Å². The number of anilines is 4. The smallest absolute Gasteiger partial charge is 0.226 e. The Morgan fingerprint density at radius 2 is 1.78 bits per heavy atom. The molecule has 0 aromatic carbocycles. The van der Waals surface area contributed by atoms with E-state index in [1.165, 1.54) is 38.5 Å². The number of nitrogens with one attached hydrogen (secondary N) is 1. The van der Waals surface area contributed by atoms with Crippen LogP contribution in [0.25, 0.3) is 0 Å². The Labute approximate surface area is 216 Å². The van der Waals surface area contributed by atoms with Crippen LogP contribution in [0.4, 0.5) is 23.3 Å². The molecule has 2 aliphatic heterocycles. The summed E-state index contributed by atoms with van der Waals surface area (Å²) in [6.45, 7) is 0.832. The fraction of sp³-hybridized carbons (Fsp3) is 0.800. The molecule has 12 nitrogen and oxygen atoms in total. The molecule has 12 heteroatoms. The third-order valence-corrected chi connectivity index (χ3v) is 9.36. The Bertz CT molecular complexity index is 1010. The molecular weight excluding hydrogens is 478 g/mol. The summed E-state index contributed by atoms with van der Waals surface area (Å²) >= 11 is 0. The number of nitrogens with zero attached hydrogens (tertiary/aromatic N) is 4. The number of amides is 1. The highest BCUT2D eigenvalue weighted by molar-refractivity contribution is 5.84. The quantitative estimate of drug-likeness (QED) is 0.259. The van der Waals surface area contributed by atoms with Crippen molar-refractivity contribution in [1.29, 1.82) is 0 Å². The van der Waals surface area contributed by atoms with Crippen molar-refractivity contribution in [2.24, 2.45) is 28.9 Å². The average molecular weight is 518 g/mol. The molecule has 2 unspecified atom stereocenters. The number of aliphatic hydroxyl groups is 3. The summed E-state index contributed by atoms with van der Waals surface area (Å²) in [7, 11) is 0. The zero-order chi connectivity index (χ0) is 25.9. The number of hydrogen-bond acceptors (Lipinski definition) is 11. The van der Waals surface area contributed by atoms with E-state index in [9.17, 15) is 20.1 Å². The number of aromatic nitrogens is 2. The molecule has 1 aromatic heterocycles. The van der Waals surface area contributed by atoms with E-state index in [1.807, 2.05) is 4.90 Å². The first-order valence-electron chi connectivity index (χ1n) is 13.6. The lowest BCUT2D eigenvalue weighted by Gasteiger charge is -2.57. The van der Waals surface area contributed by atoms with Crippen LogP contribution in [0.2, 0.25) is 0 Å². The van der Waals surface area contributed by atoms with Crippen molar-refractivity contribution >= 4 is 29.2 Å². The second kappa shape index (κ2) is 9.40. The largest absolute Gasteiger partial charge is 0.394 e. The van der Waals surface area contributed by atoms with Gasteiger partial charge in [0.2, 0.25) is 11.9 Å². The number of rotatable bonds is 9. The molecule has 4 bridgehead atoms. The summed E-state index contributed by atoms with van der Waals surface area (Å²) in [5.41, 5.74) is 12.7. The molecule has 8 N–H and O–H groups in total. The fourth-order valence-electron chi connectivity index (χ4n) is 8.17. The summed E-state index contributed by atoms with van der Waals surface area (Å²) in [6.07, 6.45) is 5.08. The monoisotopic (exact) mass is 517 g/mol. The molecule has 1 saturated heterocycles. The number of primary amides is 1. The zero-order valence-corrected chi connectivity index (χ0v) is 21.1. The Kier molecular flexibility index (Phi) is 6.33. The van der Waals surface area contributed by atoms with E-state index in [2.05, 4.69) is 10.3 Å². The van der Waals surface area contributed by atoms with Crippen LogP contribution in [0.1, 0.15) is 51.4 Å². The lowest BCUT2D eigenvalue weighted by atomic mass is 9.49. The van der Waals surface area contributed by atoms with Gasteiger partial charge in [-0.3, -0.25) is 4.79 Å². The van der Waals surface area contributed by atoms with Gasteiger partial charge in [0.25, 0.3) is 0 Å². The molecule has 4 saturated carbocycles. The summed E-state index contributed by atoms with van der Waals surface area (Å²) < 4.78 is 5.78. The van der Waals surface area contributed by atoms with Crippen LogP contribution in [-0.2, 0) is 9.53 Å². The first-order valence-corrected chi connectivity index (χ1v) is 13.6. The Balaban J connectivity index is 1.21. The van der Waals surface area contributed by atoms with E-state index in [1.54, 1.807) is 4.90 Å². The van der Waals surface area contributed by atoms with Crippen molar-refractivity contribution in [1.82, 2.24) is 9.97 Å². The standard InChI is InChI=1S/C25H39N7O5/c26-17(34)1-4-31-12-32(23-20(36)19(35)16(11-33)37-23)22-18(31)21(27)29-24(30-22)28-3-2-25-8-13-5-14(9-25)7-15(6-13)10-25/h13-16,19-20,23,33,35-36H,1-12H2,(H2,26,34)(H3,27,28,29,30)/t13?,14?,15?,16-,19?,20?,23-,25?/m1/s1. The molecule has 1 amide bonds. The maximum absolute atomic E-state index is 11.5. The summed E-state index contributed by atoms with van der Waals surface area (Å²) in [5, 5.41) is 33.9. The number of nitrogen functional groups attached to an aromatic ring is 1. The van der Waals surface area contributed by atoms with E-state index in [0.717, 1.165) is 30.7 Å². The number of nitrogens with two attached hydrogens (primary N) is 2. The van der Waals surface area contributed by atoms with Gasteiger partial charge in [0.15, 0.2) is 17.9 Å². The topological polar surface area (TPSA) is 183 Å². The number of hydrogen-bond donors (Lipinski definition) is 6. The molecule has 0 spiro atoms. The minimum Gasteiger partial charge on any atom is -0.394 e. The molecule has 5 fully saturated rings. The van der Waals surface area contributed by atoms with E-state index in [-0.39, 0.29) is 18.9 Å². The van der Waals surface area contributed by atoms with Crippen LogP contribution >= 0.6 is 0 Å². The summed E-state index contributed by atoms with van der Waals surface area (Å²) in [6, 6.07) is 0. The van der Waals surface area contributed by atoms with Gasteiger partial charge in [-0.15, -0.1) is 0 Å². The van der Waals surface area contributed by atoms with Crippen molar-refractivity contribution in [2.45, 2.75) is 75.9 Å². The lowest BCUT2D eigenvalue weighted by Crippen LogP contribution is -2.46. The number of fused-ring (bicyclic) bond motifs is 1. The van der Waals surface area contributed by atoms with Crippen molar-refractivity contribution < 1.29 is 24.9 Å². The van der Waals surface area contributed by atoms with Crippen LogP contribution in [0.15, 0.2) is 0 Å². The highest BCUT2D eigenvalue weighted by atomic mass is 16.6. The van der Waals surface area contributed by atoms with Crippen LogP contribution in [0.3, 0.4) is 0 Å². The molecule has 37 heavy (non-hydrogen) atoms. The van der Waals surface area contributed by atoms with E-state index >= 15 is 0 Å². The number of ether oxygens (including phenoxy) is 1. The van der Waals surface area contributed by atoms with Gasteiger partial charge >= 0.3 is 0 Å². The Hall–Kier alpha value is -2.41. The number of aliphatic hydroxyl groups excluding tert-OH is 3. The van der Waals surface area contributed by atoms with Gasteiger partial charge in [0.05, 0.1) is 13.3 Å². The van der Waals surface area contributed by atoms with Crippen LogP contribution in [-0.4, -0.2) is 82.1 Å². The van der Waals surface area contributed by atoms with Gasteiger partial charge in [-0.05, 0) is 68.1 Å². The van der Waals surface area contributed by atoms with E-state index in [0.29, 0.717) is 29.4 Å². The van der Waals surface area contributed by atoms with Gasteiger partial charge in [-0.1, -0.05) is 0 Å². The first-order chi connectivity index (χ1) is 17.7. The van der Waals surface area contributed by atoms with Crippen molar-refractivity contribution in [3.63, 3.8) is 0 Å². The van der Waals surface area contributed by atoms with Gasteiger partial charge in [-0.25, -0.2) is 0 Å². The molecule has 4 aliphatic carbocycles. The van der Waals surface area contributed by atoms with Gasteiger partial charge in [0, 0.05) is 19.5 Å². The molecular formula is C25H39N7O5. The minimum absolute atomic E-state index is 0.105. The third kappa shape index (κ3) is 4.47. The fourth-order valence-corrected chi connectivity index (χ4v) is 8.17. The van der Waals surface area contributed by atoms with Gasteiger partial charge < -0.3 is 46.6 Å². The zero-order valence-electron chi connectivity index (χ0n) is 21.1. The second-order valence-corrected chi connectivity index (χ2v) is 12.0. The molecule has 3 heterocycles. The van der Waals surface area contributed by atoms with Crippen LogP contribution in [0.5, 0.6) is 0 Å². The molecule has 204 valence electrons. The first kappa shape index (κ1) is 24.9. The summed E-state index contributed by atoms with van der Waals surface area (Å²) in [4.78, 5) is 24.2. The summed E-state index contributed by atoms with van der Waals surface area (Å²) in [5.74, 6) is 3.34. The highest BCUT2D eigenvalue weighted by Gasteiger charge is 2.51. The normalized spacial score (nSPS) is 37.9. The Morgan fingerprint density at radius 3 is 2.38 bits per heavy atom. The Morgan fingerprint density at radius 1 is 1.11 bits per heavy atom. The van der Waals surface area contributed by atoms with Crippen molar-refractivity contribution in [3.8, 4) is 0 Å². The maximum Gasteiger partial charge on any atom is 0.226 e. The van der Waals surface area contributed by atoms with Crippen molar-refractivity contribution in [3.05, 3.63) is 0 Å². The van der Waals surface area contributed by atoms with E-state index in [4.69, 9.17) is 21.2 Å². The van der Waals surface area contributed by atoms with Crippen LogP contribution in [0, 0.1) is 23.2 Å². The molecule has 4 atom stereocenters. The number of carbonyl (C=O) groups is 1. The average Bonchev–Trinajstić information content (AvgIpc) is 3.34. The molecule has 6 aliphatic rings. The van der Waals surface area contributed by atoms with Gasteiger partial charge in [-0.2, -0.15) is 9.97 Å². The third-order valence-electron chi connectivity index (χ3n) is 9.36. The van der Waals surface area contributed by atoms with Crippen LogP contribution < -0.4 is 26.6 Å². The maximum atomic E-state index is 11.5.